The minimum atomic E-state index is 0.275. The average Bonchev–Trinajstić information content (AvgIpc) is 3.15. The Balaban J connectivity index is 1.64. The van der Waals surface area contributed by atoms with Crippen LogP contribution in [-0.4, -0.2) is 14.7 Å². The van der Waals surface area contributed by atoms with Crippen LogP contribution in [0.1, 0.15) is 0 Å². The summed E-state index contributed by atoms with van der Waals surface area (Å²) in [5.41, 5.74) is 6.39. The highest BCUT2D eigenvalue weighted by Gasteiger charge is 2.14. The fourth-order valence-electron chi connectivity index (χ4n) is 3.52. The number of phenols is 1. The molecule has 0 spiro atoms. The number of para-hydroxylation sites is 3. The van der Waals surface area contributed by atoms with Crippen LogP contribution < -0.4 is 0 Å². The van der Waals surface area contributed by atoms with E-state index in [0.717, 1.165) is 39.2 Å². The first kappa shape index (κ1) is 16.3. The Labute approximate surface area is 163 Å². The second-order valence-electron chi connectivity index (χ2n) is 6.72. The maximum absolute atomic E-state index is 9.49. The highest BCUT2D eigenvalue weighted by molar-refractivity contribution is 5.83. The van der Waals surface area contributed by atoms with Crippen molar-refractivity contribution >= 4 is 11.0 Å². The molecule has 0 atom stereocenters. The van der Waals surface area contributed by atoms with Crippen molar-refractivity contribution in [2.75, 3.05) is 0 Å². The number of fused-ring (bicyclic) bond motifs is 1. The van der Waals surface area contributed by atoms with E-state index in [1.807, 2.05) is 48.5 Å². The van der Waals surface area contributed by atoms with E-state index >= 15 is 0 Å². The zero-order valence-corrected chi connectivity index (χ0v) is 15.2. The van der Waals surface area contributed by atoms with Gasteiger partial charge in [-0.05, 0) is 47.5 Å². The number of nitrogens with zero attached hydrogens (tertiary/aromatic N) is 2. The van der Waals surface area contributed by atoms with E-state index in [-0.39, 0.29) is 5.75 Å². The number of rotatable bonds is 3. The first-order valence-corrected chi connectivity index (χ1v) is 9.22. The lowest BCUT2D eigenvalue weighted by Crippen LogP contribution is -1.97. The number of imidazole rings is 1. The van der Waals surface area contributed by atoms with Crippen molar-refractivity contribution in [1.29, 1.82) is 0 Å². The average molecular weight is 362 g/mol. The fraction of sp³-hybridized carbons (Fsp3) is 0. The van der Waals surface area contributed by atoms with Crippen molar-refractivity contribution in [2.45, 2.75) is 0 Å². The van der Waals surface area contributed by atoms with Crippen molar-refractivity contribution < 1.29 is 5.11 Å². The Morgan fingerprint density at radius 2 is 1.14 bits per heavy atom. The molecule has 3 nitrogen and oxygen atoms in total. The maximum Gasteiger partial charge on any atom is 0.145 e. The van der Waals surface area contributed by atoms with Crippen molar-refractivity contribution in [3.63, 3.8) is 0 Å². The highest BCUT2D eigenvalue weighted by atomic mass is 16.3. The van der Waals surface area contributed by atoms with Gasteiger partial charge in [-0.1, -0.05) is 66.7 Å². The number of hydrogen-bond acceptors (Lipinski definition) is 2. The Kier molecular flexibility index (Phi) is 3.91. The van der Waals surface area contributed by atoms with Crippen molar-refractivity contribution in [1.82, 2.24) is 9.55 Å². The molecule has 0 unspecified atom stereocenters. The first-order valence-electron chi connectivity index (χ1n) is 9.22. The van der Waals surface area contributed by atoms with E-state index in [1.165, 1.54) is 0 Å². The molecule has 134 valence electrons. The van der Waals surface area contributed by atoms with Crippen LogP contribution in [0.2, 0.25) is 0 Å². The van der Waals surface area contributed by atoms with Crippen LogP contribution in [0, 0.1) is 0 Å². The summed E-state index contributed by atoms with van der Waals surface area (Å²) in [6, 6.07) is 34.2. The number of phenolic OH excluding ortho intramolecular Hbond substituents is 1. The predicted molar refractivity (Wildman–Crippen MR) is 114 cm³/mol. The molecule has 1 N–H and O–H groups in total. The molecule has 0 aliphatic rings. The fourth-order valence-corrected chi connectivity index (χ4v) is 3.52. The predicted octanol–water partition coefficient (Wildman–Crippen LogP) is 6.07. The Morgan fingerprint density at radius 3 is 1.86 bits per heavy atom. The molecule has 5 aromatic rings. The summed E-state index contributed by atoms with van der Waals surface area (Å²) in [6.45, 7) is 0. The van der Waals surface area contributed by atoms with Gasteiger partial charge < -0.3 is 5.11 Å². The van der Waals surface area contributed by atoms with Gasteiger partial charge in [0.25, 0.3) is 0 Å². The van der Waals surface area contributed by atoms with E-state index < -0.39 is 0 Å². The molecule has 0 saturated carbocycles. The monoisotopic (exact) mass is 362 g/mol. The second-order valence-corrected chi connectivity index (χ2v) is 6.72. The molecule has 0 amide bonds. The second kappa shape index (κ2) is 6.71. The van der Waals surface area contributed by atoms with Crippen LogP contribution in [-0.2, 0) is 0 Å². The van der Waals surface area contributed by atoms with Gasteiger partial charge in [0, 0.05) is 11.3 Å². The van der Waals surface area contributed by atoms with E-state index in [4.69, 9.17) is 4.98 Å². The lowest BCUT2D eigenvalue weighted by Gasteiger charge is -2.10. The normalized spacial score (nSPS) is 11.0. The molecule has 1 heterocycles. The third kappa shape index (κ3) is 2.83. The van der Waals surface area contributed by atoms with Gasteiger partial charge in [-0.3, -0.25) is 4.57 Å². The maximum atomic E-state index is 9.49. The van der Waals surface area contributed by atoms with Gasteiger partial charge >= 0.3 is 0 Å². The molecule has 0 aliphatic carbocycles. The van der Waals surface area contributed by atoms with Crippen LogP contribution in [0.5, 0.6) is 5.75 Å². The minimum Gasteiger partial charge on any atom is -0.508 e. The van der Waals surface area contributed by atoms with Crippen LogP contribution in [0.4, 0.5) is 0 Å². The summed E-state index contributed by atoms with van der Waals surface area (Å²) in [6.07, 6.45) is 0. The number of aromatic nitrogens is 2. The minimum absolute atomic E-state index is 0.275. The summed E-state index contributed by atoms with van der Waals surface area (Å²) < 4.78 is 2.20. The van der Waals surface area contributed by atoms with Gasteiger partial charge in [-0.25, -0.2) is 4.98 Å². The molecule has 28 heavy (non-hydrogen) atoms. The van der Waals surface area contributed by atoms with E-state index in [2.05, 4.69) is 47.0 Å². The summed E-state index contributed by atoms with van der Waals surface area (Å²) in [4.78, 5) is 4.90. The lowest BCUT2D eigenvalue weighted by atomic mass is 10.0. The zero-order valence-electron chi connectivity index (χ0n) is 15.2. The van der Waals surface area contributed by atoms with Gasteiger partial charge in [0.1, 0.15) is 11.6 Å². The molecular weight excluding hydrogens is 344 g/mol. The molecule has 4 aromatic carbocycles. The molecular formula is C25H18N2O. The zero-order chi connectivity index (χ0) is 18.9. The van der Waals surface area contributed by atoms with Crippen molar-refractivity contribution in [3.05, 3.63) is 103 Å². The van der Waals surface area contributed by atoms with Gasteiger partial charge in [0.05, 0.1) is 11.0 Å². The topological polar surface area (TPSA) is 38.1 Å². The molecule has 0 fully saturated rings. The van der Waals surface area contributed by atoms with Crippen LogP contribution >= 0.6 is 0 Å². The quantitative estimate of drug-likeness (QED) is 0.423. The number of aromatic hydroxyl groups is 1. The molecule has 0 radical (unpaired) electrons. The standard InChI is InChI=1S/C25H18N2O/c28-22-16-14-19(15-17-22)18-10-12-20(13-11-18)25-26-23-8-4-5-9-24(23)27(25)21-6-2-1-3-7-21/h1-17,28H. The van der Waals surface area contributed by atoms with E-state index in [0.29, 0.717) is 0 Å². The van der Waals surface area contributed by atoms with E-state index in [9.17, 15) is 5.11 Å². The van der Waals surface area contributed by atoms with Crippen LogP contribution in [0.3, 0.4) is 0 Å². The molecule has 3 heteroatoms. The van der Waals surface area contributed by atoms with Gasteiger partial charge in [-0.2, -0.15) is 0 Å². The summed E-state index contributed by atoms with van der Waals surface area (Å²) in [5, 5.41) is 9.49. The molecule has 0 saturated heterocycles. The van der Waals surface area contributed by atoms with Crippen LogP contribution in [0.25, 0.3) is 39.2 Å². The molecule has 1 aromatic heterocycles. The number of hydrogen-bond donors (Lipinski definition) is 1. The van der Waals surface area contributed by atoms with Gasteiger partial charge in [0.2, 0.25) is 0 Å². The van der Waals surface area contributed by atoms with Crippen LogP contribution in [0.15, 0.2) is 103 Å². The SMILES string of the molecule is Oc1ccc(-c2ccc(-c3nc4ccccc4n3-c3ccccc3)cc2)cc1. The highest BCUT2D eigenvalue weighted by Crippen LogP contribution is 2.30. The third-order valence-electron chi connectivity index (χ3n) is 4.92. The van der Waals surface area contributed by atoms with Gasteiger partial charge in [0.15, 0.2) is 0 Å². The van der Waals surface area contributed by atoms with Crippen molar-refractivity contribution in [2.24, 2.45) is 0 Å². The van der Waals surface area contributed by atoms with Crippen molar-refractivity contribution in [3.8, 4) is 34.0 Å². The summed E-state index contributed by atoms with van der Waals surface area (Å²) in [7, 11) is 0. The van der Waals surface area contributed by atoms with Gasteiger partial charge in [-0.15, -0.1) is 0 Å². The molecule has 5 rings (SSSR count). The Hall–Kier alpha value is -3.85. The molecule has 0 bridgehead atoms. The molecule has 0 aliphatic heterocycles. The number of benzene rings is 4. The summed E-state index contributed by atoms with van der Waals surface area (Å²) in [5.74, 6) is 1.20. The first-order chi connectivity index (χ1) is 13.8. The Bertz CT molecular complexity index is 1240. The lowest BCUT2D eigenvalue weighted by molar-refractivity contribution is 0.475. The smallest absolute Gasteiger partial charge is 0.145 e. The summed E-state index contributed by atoms with van der Waals surface area (Å²) >= 11 is 0. The van der Waals surface area contributed by atoms with E-state index in [1.54, 1.807) is 12.1 Å². The largest absolute Gasteiger partial charge is 0.508 e. The Morgan fingerprint density at radius 1 is 0.571 bits per heavy atom. The third-order valence-corrected chi connectivity index (χ3v) is 4.92.